The molecule has 1 atom stereocenters. The minimum absolute atomic E-state index is 0.418. The van der Waals surface area contributed by atoms with Gasteiger partial charge in [-0.05, 0) is 60.8 Å². The van der Waals surface area contributed by atoms with E-state index in [4.69, 9.17) is 14.7 Å². The summed E-state index contributed by atoms with van der Waals surface area (Å²) in [6.45, 7) is 11.1. The van der Waals surface area contributed by atoms with E-state index in [0.29, 0.717) is 25.8 Å². The Morgan fingerprint density at radius 2 is 1.61 bits per heavy atom. The number of alkyl carbamates (subject to hydrolysis) is 1. The Balaban J connectivity index is 4.63. The molecule has 0 aromatic carbocycles. The fourth-order valence-electron chi connectivity index (χ4n) is 1.69. The minimum Gasteiger partial charge on any atom is -0.458 e. The van der Waals surface area contributed by atoms with Crippen LogP contribution in [0.3, 0.4) is 0 Å². The number of hydrogen-bond acceptors (Lipinski definition) is 6. The van der Waals surface area contributed by atoms with Gasteiger partial charge >= 0.3 is 12.1 Å². The molecule has 0 aliphatic heterocycles. The molecule has 0 saturated heterocycles. The number of rotatable bonds is 7. The molecule has 0 rings (SSSR count). The van der Waals surface area contributed by atoms with Gasteiger partial charge in [-0.25, -0.2) is 9.59 Å². The van der Waals surface area contributed by atoms with Crippen LogP contribution in [0.15, 0.2) is 0 Å². The van der Waals surface area contributed by atoms with E-state index in [2.05, 4.69) is 10.6 Å². The van der Waals surface area contributed by atoms with Gasteiger partial charge in [0.2, 0.25) is 0 Å². The molecule has 0 fully saturated rings. The van der Waals surface area contributed by atoms with E-state index in [1.54, 1.807) is 41.5 Å². The van der Waals surface area contributed by atoms with Crippen molar-refractivity contribution in [1.29, 1.82) is 5.26 Å². The average Bonchev–Trinajstić information content (AvgIpc) is 2.32. The molecule has 0 aromatic rings. The Hall–Kier alpha value is -1.97. The van der Waals surface area contributed by atoms with E-state index in [9.17, 15) is 9.59 Å². The highest BCUT2D eigenvalue weighted by atomic mass is 16.6. The number of carbonyl (C=O) groups is 2. The van der Waals surface area contributed by atoms with Crippen LogP contribution in [0.25, 0.3) is 0 Å². The normalized spacial score (nSPS) is 12.7. The second-order valence-corrected chi connectivity index (χ2v) is 7.27. The summed E-state index contributed by atoms with van der Waals surface area (Å²) in [7, 11) is 0. The van der Waals surface area contributed by atoms with Gasteiger partial charge in [0.1, 0.15) is 17.2 Å². The number of hydrogen-bond donors (Lipinski definition) is 2. The van der Waals surface area contributed by atoms with Crippen LogP contribution in [-0.4, -0.2) is 35.9 Å². The Morgan fingerprint density at radius 1 is 1.04 bits per heavy atom. The summed E-state index contributed by atoms with van der Waals surface area (Å²) in [6.07, 6.45) is 2.98. The zero-order valence-electron chi connectivity index (χ0n) is 15.0. The molecular formula is C16H29N3O4. The molecule has 0 aliphatic carbocycles. The molecule has 0 unspecified atom stereocenters. The molecule has 0 bridgehead atoms. The predicted octanol–water partition coefficient (Wildman–Crippen LogP) is 2.46. The molecule has 0 saturated carbocycles. The summed E-state index contributed by atoms with van der Waals surface area (Å²) < 4.78 is 10.5. The van der Waals surface area contributed by atoms with Crippen LogP contribution >= 0.6 is 0 Å². The number of nitrogens with zero attached hydrogens (tertiary/aromatic N) is 1. The smallest absolute Gasteiger partial charge is 0.408 e. The van der Waals surface area contributed by atoms with Crippen LogP contribution in [0.2, 0.25) is 0 Å². The van der Waals surface area contributed by atoms with Crippen molar-refractivity contribution in [3.05, 3.63) is 0 Å². The number of unbranched alkanes of at least 4 members (excludes halogenated alkanes) is 1. The van der Waals surface area contributed by atoms with E-state index < -0.39 is 29.3 Å². The summed E-state index contributed by atoms with van der Waals surface area (Å²) in [5, 5.41) is 13.5. The lowest BCUT2D eigenvalue weighted by Gasteiger charge is -2.26. The first-order valence-corrected chi connectivity index (χ1v) is 7.79. The predicted molar refractivity (Wildman–Crippen MR) is 86.5 cm³/mol. The van der Waals surface area contributed by atoms with Gasteiger partial charge in [0.15, 0.2) is 6.19 Å². The number of ether oxygens (including phenoxy) is 2. The second kappa shape index (κ2) is 9.23. The molecule has 1 amide bonds. The third kappa shape index (κ3) is 12.3. The van der Waals surface area contributed by atoms with Crippen molar-refractivity contribution in [3.8, 4) is 6.19 Å². The fraction of sp³-hybridized carbons (Fsp3) is 0.812. The van der Waals surface area contributed by atoms with Gasteiger partial charge in [0.25, 0.3) is 0 Å². The van der Waals surface area contributed by atoms with Gasteiger partial charge in [-0.2, -0.15) is 5.26 Å². The average molecular weight is 327 g/mol. The molecule has 0 spiro atoms. The van der Waals surface area contributed by atoms with Crippen molar-refractivity contribution < 1.29 is 19.1 Å². The number of nitrogens with one attached hydrogen (secondary N) is 2. The molecule has 2 N–H and O–H groups in total. The molecule has 0 aromatic heterocycles. The molecule has 0 radical (unpaired) electrons. The Labute approximate surface area is 138 Å². The zero-order chi connectivity index (χ0) is 18.1. The van der Waals surface area contributed by atoms with Gasteiger partial charge in [-0.1, -0.05) is 0 Å². The minimum atomic E-state index is -0.772. The lowest BCUT2D eigenvalue weighted by molar-refractivity contribution is -0.157. The van der Waals surface area contributed by atoms with Gasteiger partial charge in [-0.3, -0.25) is 0 Å². The van der Waals surface area contributed by atoms with Crippen LogP contribution in [0.5, 0.6) is 0 Å². The van der Waals surface area contributed by atoms with Gasteiger partial charge in [0.05, 0.1) is 0 Å². The summed E-state index contributed by atoms with van der Waals surface area (Å²) >= 11 is 0. The third-order valence-electron chi connectivity index (χ3n) is 2.51. The van der Waals surface area contributed by atoms with Crippen molar-refractivity contribution >= 4 is 12.1 Å². The number of nitriles is 1. The summed E-state index contributed by atoms with van der Waals surface area (Å²) in [4.78, 5) is 24.1. The van der Waals surface area contributed by atoms with Crippen molar-refractivity contribution in [2.75, 3.05) is 6.54 Å². The van der Waals surface area contributed by atoms with E-state index in [0.717, 1.165) is 0 Å². The van der Waals surface area contributed by atoms with Crippen LogP contribution in [0.1, 0.15) is 60.8 Å². The zero-order valence-corrected chi connectivity index (χ0v) is 15.0. The highest BCUT2D eigenvalue weighted by Gasteiger charge is 2.28. The van der Waals surface area contributed by atoms with Crippen molar-refractivity contribution in [1.82, 2.24) is 10.6 Å². The van der Waals surface area contributed by atoms with Crippen molar-refractivity contribution in [2.45, 2.75) is 78.0 Å². The number of esters is 1. The molecule has 0 aliphatic rings. The van der Waals surface area contributed by atoms with Gasteiger partial charge in [0, 0.05) is 6.54 Å². The standard InChI is InChI=1S/C16H29N3O4/c1-15(2,3)22-13(20)12(9-7-8-10-18-11-17)19-14(21)23-16(4,5)6/h12,18H,7-10H2,1-6H3,(H,19,21)/t12-/m0/s1. The SMILES string of the molecule is CC(C)(C)OC(=O)N[C@@H](CCCCNC#N)C(=O)OC(C)(C)C. The third-order valence-corrected chi connectivity index (χ3v) is 2.51. The van der Waals surface area contributed by atoms with Crippen LogP contribution in [-0.2, 0) is 14.3 Å². The van der Waals surface area contributed by atoms with E-state index in [1.807, 2.05) is 6.19 Å². The van der Waals surface area contributed by atoms with Crippen molar-refractivity contribution in [2.24, 2.45) is 0 Å². The number of carbonyl (C=O) groups excluding carboxylic acids is 2. The fourth-order valence-corrected chi connectivity index (χ4v) is 1.69. The largest absolute Gasteiger partial charge is 0.458 e. The maximum Gasteiger partial charge on any atom is 0.408 e. The maximum absolute atomic E-state index is 12.2. The summed E-state index contributed by atoms with van der Waals surface area (Å²) in [5.74, 6) is -0.489. The molecule has 23 heavy (non-hydrogen) atoms. The lowest BCUT2D eigenvalue weighted by Crippen LogP contribution is -2.46. The first kappa shape index (κ1) is 21.0. The lowest BCUT2D eigenvalue weighted by atomic mass is 10.1. The Kier molecular flexibility index (Phi) is 8.44. The van der Waals surface area contributed by atoms with E-state index >= 15 is 0 Å². The van der Waals surface area contributed by atoms with Crippen molar-refractivity contribution in [3.63, 3.8) is 0 Å². The summed E-state index contributed by atoms with van der Waals surface area (Å²) in [5.41, 5.74) is -1.27. The molecule has 132 valence electrons. The molecule has 7 nitrogen and oxygen atoms in total. The Bertz CT molecular complexity index is 430. The highest BCUT2D eigenvalue weighted by molar-refractivity contribution is 5.81. The highest BCUT2D eigenvalue weighted by Crippen LogP contribution is 2.13. The summed E-state index contributed by atoms with van der Waals surface area (Å²) in [6, 6.07) is -0.772. The van der Waals surface area contributed by atoms with Gasteiger partial charge < -0.3 is 20.1 Å². The number of amides is 1. The van der Waals surface area contributed by atoms with Gasteiger partial charge in [-0.15, -0.1) is 0 Å². The first-order valence-electron chi connectivity index (χ1n) is 7.79. The molecule has 0 heterocycles. The van der Waals surface area contributed by atoms with E-state index in [1.165, 1.54) is 0 Å². The monoisotopic (exact) mass is 327 g/mol. The molecular weight excluding hydrogens is 298 g/mol. The molecule has 7 heteroatoms. The Morgan fingerprint density at radius 3 is 2.09 bits per heavy atom. The van der Waals surface area contributed by atoms with Crippen LogP contribution < -0.4 is 10.6 Å². The topological polar surface area (TPSA) is 100 Å². The quantitative estimate of drug-likeness (QED) is 0.322. The van der Waals surface area contributed by atoms with E-state index in [-0.39, 0.29) is 0 Å². The first-order chi connectivity index (χ1) is 10.4. The van der Waals surface area contributed by atoms with Crippen LogP contribution in [0.4, 0.5) is 4.79 Å². The van der Waals surface area contributed by atoms with Crippen LogP contribution in [0, 0.1) is 11.5 Å². The maximum atomic E-state index is 12.2. The second-order valence-electron chi connectivity index (χ2n) is 7.27.